The predicted octanol–water partition coefficient (Wildman–Crippen LogP) is -2.33. The normalized spacial score (nSPS) is 10.8. The number of H-pyrrole nitrogens is 1. The summed E-state index contributed by atoms with van der Waals surface area (Å²) in [5.41, 5.74) is -0.156. The Morgan fingerprint density at radius 2 is 2.00 bits per heavy atom. The molecule has 0 radical (unpaired) electrons. The molecule has 0 spiro atoms. The average molecular weight is 316 g/mol. The van der Waals surface area contributed by atoms with Gasteiger partial charge in [0.1, 0.15) is 23.1 Å². The summed E-state index contributed by atoms with van der Waals surface area (Å²) in [6.45, 7) is 5.20. The van der Waals surface area contributed by atoms with Crippen LogP contribution in [0.1, 0.15) is 31.3 Å². The second-order valence-corrected chi connectivity index (χ2v) is 5.06. The van der Waals surface area contributed by atoms with Gasteiger partial charge in [0.25, 0.3) is 0 Å². The minimum Gasteiger partial charge on any atom is -0.543 e. The van der Waals surface area contributed by atoms with E-state index >= 15 is 0 Å². The number of carboxylic acids is 1. The van der Waals surface area contributed by atoms with E-state index < -0.39 is 17.7 Å². The first-order valence-electron chi connectivity index (χ1n) is 5.81. The molecule has 8 nitrogen and oxygen atoms in total. The zero-order valence-electron chi connectivity index (χ0n) is 12.2. The number of carbonyl (C=O) groups excluding carboxylic acids is 2. The topological polar surface area (TPSA) is 120 Å². The maximum absolute atomic E-state index is 11.7. The Bertz CT molecular complexity index is 677. The average Bonchev–Trinajstić information content (AvgIpc) is 2.69. The third kappa shape index (κ3) is 4.48. The SMILES string of the molecule is CC(C)(C)OC(=O)Nc1c[nH]c2c(C(=O)[O-])ncnc12.[K+]. The Hall–Kier alpha value is -1.00. The molecule has 2 aromatic rings. The minimum atomic E-state index is -1.43. The summed E-state index contributed by atoms with van der Waals surface area (Å²) in [6.07, 6.45) is 1.84. The molecule has 0 aliphatic heterocycles. The second-order valence-electron chi connectivity index (χ2n) is 5.06. The maximum Gasteiger partial charge on any atom is 1.00 e. The maximum atomic E-state index is 11.7. The third-order valence-corrected chi connectivity index (χ3v) is 2.29. The number of hydrogen-bond donors (Lipinski definition) is 2. The van der Waals surface area contributed by atoms with Gasteiger partial charge in [0.15, 0.2) is 0 Å². The molecule has 0 saturated heterocycles. The van der Waals surface area contributed by atoms with Crippen molar-refractivity contribution < 1.29 is 70.8 Å². The first kappa shape index (κ1) is 18.0. The van der Waals surface area contributed by atoms with Crippen LogP contribution in [0.4, 0.5) is 10.5 Å². The number of fused-ring (bicyclic) bond motifs is 1. The van der Waals surface area contributed by atoms with Gasteiger partial charge in [-0.1, -0.05) is 0 Å². The first-order valence-corrected chi connectivity index (χ1v) is 5.81. The van der Waals surface area contributed by atoms with E-state index in [0.717, 1.165) is 6.33 Å². The third-order valence-electron chi connectivity index (χ3n) is 2.29. The number of anilines is 1. The Kier molecular flexibility index (Phi) is 5.88. The molecule has 0 atom stereocenters. The fourth-order valence-electron chi connectivity index (χ4n) is 1.60. The molecule has 106 valence electrons. The van der Waals surface area contributed by atoms with E-state index in [-0.39, 0.29) is 68.1 Å². The molecular weight excluding hydrogens is 303 g/mol. The van der Waals surface area contributed by atoms with Crippen molar-refractivity contribution in [2.45, 2.75) is 26.4 Å². The predicted molar refractivity (Wildman–Crippen MR) is 68.1 cm³/mol. The number of carbonyl (C=O) groups is 2. The van der Waals surface area contributed by atoms with Crippen molar-refractivity contribution in [2.24, 2.45) is 0 Å². The van der Waals surface area contributed by atoms with Gasteiger partial charge in [0.2, 0.25) is 0 Å². The van der Waals surface area contributed by atoms with Gasteiger partial charge in [-0.25, -0.2) is 14.8 Å². The summed E-state index contributed by atoms with van der Waals surface area (Å²) in [7, 11) is 0. The van der Waals surface area contributed by atoms with Crippen LogP contribution in [0.15, 0.2) is 12.5 Å². The number of amides is 1. The molecule has 0 bridgehead atoms. The molecule has 21 heavy (non-hydrogen) atoms. The minimum absolute atomic E-state index is 0. The van der Waals surface area contributed by atoms with Crippen molar-refractivity contribution in [3.8, 4) is 0 Å². The largest absolute Gasteiger partial charge is 1.00 e. The van der Waals surface area contributed by atoms with E-state index in [9.17, 15) is 14.7 Å². The van der Waals surface area contributed by atoms with E-state index in [1.807, 2.05) is 0 Å². The van der Waals surface area contributed by atoms with E-state index in [4.69, 9.17) is 4.74 Å². The van der Waals surface area contributed by atoms with Gasteiger partial charge < -0.3 is 19.6 Å². The van der Waals surface area contributed by atoms with Gasteiger partial charge in [-0.05, 0) is 20.8 Å². The number of hydrogen-bond acceptors (Lipinski definition) is 6. The Morgan fingerprint density at radius 1 is 1.33 bits per heavy atom. The summed E-state index contributed by atoms with van der Waals surface area (Å²) in [5, 5.41) is 13.4. The summed E-state index contributed by atoms with van der Waals surface area (Å²) in [6, 6.07) is 0. The van der Waals surface area contributed by atoms with Gasteiger partial charge in [-0.2, -0.15) is 0 Å². The van der Waals surface area contributed by atoms with Crippen LogP contribution in [-0.2, 0) is 4.74 Å². The number of aromatic nitrogens is 3. The number of ether oxygens (including phenoxy) is 1. The van der Waals surface area contributed by atoms with Gasteiger partial charge >= 0.3 is 57.5 Å². The molecule has 2 N–H and O–H groups in total. The number of nitrogens with zero attached hydrogens (tertiary/aromatic N) is 2. The molecule has 0 saturated carbocycles. The molecule has 0 aliphatic rings. The van der Waals surface area contributed by atoms with Gasteiger partial charge in [0.05, 0.1) is 17.2 Å². The summed E-state index contributed by atoms with van der Waals surface area (Å²) in [4.78, 5) is 32.8. The number of aromatic amines is 1. The summed E-state index contributed by atoms with van der Waals surface area (Å²) >= 11 is 0. The molecule has 2 rings (SSSR count). The van der Waals surface area contributed by atoms with Crippen LogP contribution >= 0.6 is 0 Å². The van der Waals surface area contributed by atoms with E-state index in [0.29, 0.717) is 5.69 Å². The van der Waals surface area contributed by atoms with Crippen LogP contribution in [-0.4, -0.2) is 32.6 Å². The molecule has 2 heterocycles. The Labute approximate surface area is 163 Å². The fourth-order valence-corrected chi connectivity index (χ4v) is 1.60. The van der Waals surface area contributed by atoms with E-state index in [1.165, 1.54) is 6.20 Å². The summed E-state index contributed by atoms with van der Waals surface area (Å²) < 4.78 is 5.10. The van der Waals surface area contributed by atoms with Crippen LogP contribution in [0.25, 0.3) is 11.0 Å². The molecule has 2 aromatic heterocycles. The van der Waals surface area contributed by atoms with Crippen molar-refractivity contribution in [1.29, 1.82) is 0 Å². The fraction of sp³-hybridized carbons (Fsp3) is 0.333. The quantitative estimate of drug-likeness (QED) is 0.600. The molecule has 0 fully saturated rings. The van der Waals surface area contributed by atoms with Gasteiger partial charge in [-0.15, -0.1) is 0 Å². The number of aromatic carboxylic acids is 1. The van der Waals surface area contributed by atoms with Gasteiger partial charge in [0, 0.05) is 6.20 Å². The number of carboxylic acid groups (broad SMARTS) is 1. The molecule has 0 unspecified atom stereocenters. The molecule has 9 heteroatoms. The van der Waals surface area contributed by atoms with Gasteiger partial charge in [-0.3, -0.25) is 5.32 Å². The molecule has 0 aliphatic carbocycles. The van der Waals surface area contributed by atoms with Crippen molar-refractivity contribution in [3.05, 3.63) is 18.2 Å². The Balaban J connectivity index is 0.00000220. The Morgan fingerprint density at radius 3 is 2.57 bits per heavy atom. The van der Waals surface area contributed by atoms with Crippen molar-refractivity contribution in [3.63, 3.8) is 0 Å². The van der Waals surface area contributed by atoms with E-state index in [2.05, 4.69) is 20.3 Å². The van der Waals surface area contributed by atoms with Crippen molar-refractivity contribution >= 4 is 28.8 Å². The van der Waals surface area contributed by atoms with Crippen LogP contribution in [0.2, 0.25) is 0 Å². The van der Waals surface area contributed by atoms with E-state index in [1.54, 1.807) is 20.8 Å². The van der Waals surface area contributed by atoms with Crippen LogP contribution in [0, 0.1) is 0 Å². The first-order chi connectivity index (χ1) is 9.28. The van der Waals surface area contributed by atoms with Crippen LogP contribution < -0.4 is 61.8 Å². The number of rotatable bonds is 2. The zero-order valence-corrected chi connectivity index (χ0v) is 15.3. The van der Waals surface area contributed by atoms with Crippen LogP contribution in [0.5, 0.6) is 0 Å². The van der Waals surface area contributed by atoms with Crippen molar-refractivity contribution in [1.82, 2.24) is 15.0 Å². The second kappa shape index (κ2) is 6.84. The standard InChI is InChI=1S/C12H14N4O4.K/c1-12(2,3)20-11(19)16-6-4-13-8-7(6)14-5-15-9(8)10(17)18;/h4-5,13H,1-3H3,(H,16,19)(H,17,18);/q;+1/p-1. The smallest absolute Gasteiger partial charge is 0.543 e. The molecule has 0 aromatic carbocycles. The zero-order chi connectivity index (χ0) is 14.9. The van der Waals surface area contributed by atoms with Crippen molar-refractivity contribution in [2.75, 3.05) is 5.32 Å². The summed E-state index contributed by atoms with van der Waals surface area (Å²) in [5.74, 6) is -1.43. The molecule has 1 amide bonds. The number of nitrogens with one attached hydrogen (secondary N) is 2. The molecular formula is C12H13KN4O4. The van der Waals surface area contributed by atoms with Crippen LogP contribution in [0.3, 0.4) is 0 Å². The monoisotopic (exact) mass is 316 g/mol.